The predicted octanol–water partition coefficient (Wildman–Crippen LogP) is 3.80. The van der Waals surface area contributed by atoms with Gasteiger partial charge in [0.2, 0.25) is 17.7 Å². The van der Waals surface area contributed by atoms with Gasteiger partial charge < -0.3 is 45.4 Å². The van der Waals surface area contributed by atoms with Gasteiger partial charge in [-0.3, -0.25) is 33.3 Å². The fraction of sp³-hybridized carbons (Fsp3) is 0.500. The predicted molar refractivity (Wildman–Crippen MR) is 228 cm³/mol. The number of rotatable bonds is 16. The maximum atomic E-state index is 14.4. The molecule has 3 amide bonds. The zero-order chi connectivity index (χ0) is 45.5. The topological polar surface area (TPSA) is 264 Å². The van der Waals surface area contributed by atoms with E-state index in [1.807, 2.05) is 38.1 Å². The van der Waals surface area contributed by atoms with Crippen molar-refractivity contribution in [2.45, 2.75) is 88.9 Å². The Morgan fingerprint density at radius 1 is 1.05 bits per heavy atom. The standard InChI is InChI=1S/C44H51BrN3O14P/c1-42-15-14-29(49)18-27(42)10-11-30-31-19-35-44(34(51)23-60-63(57,58)59,43(31,2)20-33(50)39(30)42)62-41(61-35)26-8-6-24(7-9-26)16-25-4-3-5-28(17-25)47-40(56)32(12-13-38(54)55)48-37(53)22-46-36(52)21-45/h3-9,14-15,17-18,30-33,35,39,41,50H,10-13,16,19-23H2,1-2H3,(H,46,52)(H,47,56)(H,48,53)(H,54,55)(H2,57,58,59)/t30-,31-,32-,33-,35+,39+,41+,42-,43-,44+/m0/s1. The number of aliphatic hydroxyl groups excluding tert-OH is 1. The van der Waals surface area contributed by atoms with Gasteiger partial charge in [-0.1, -0.05) is 77.8 Å². The number of aliphatic hydroxyl groups is 1. The van der Waals surface area contributed by atoms with E-state index in [1.165, 1.54) is 0 Å². The van der Waals surface area contributed by atoms with Crippen LogP contribution in [0.3, 0.4) is 0 Å². The van der Waals surface area contributed by atoms with E-state index in [0.29, 0.717) is 36.9 Å². The minimum absolute atomic E-state index is 0.0182. The number of benzene rings is 2. The zero-order valence-corrected chi connectivity index (χ0v) is 37.1. The quantitative estimate of drug-likeness (QED) is 0.0933. The summed E-state index contributed by atoms with van der Waals surface area (Å²) in [7, 11) is -5.04. The first-order valence-corrected chi connectivity index (χ1v) is 23.4. The van der Waals surface area contributed by atoms with Crippen molar-refractivity contribution in [2.75, 3.05) is 23.8 Å². The number of phosphoric acid groups is 1. The summed E-state index contributed by atoms with van der Waals surface area (Å²) in [6.45, 7) is 2.62. The summed E-state index contributed by atoms with van der Waals surface area (Å²) in [5.74, 6) is -4.13. The monoisotopic (exact) mass is 955 g/mol. The number of carbonyl (C=O) groups is 6. The van der Waals surface area contributed by atoms with E-state index >= 15 is 0 Å². The van der Waals surface area contributed by atoms with Gasteiger partial charge in [-0.15, -0.1) is 0 Å². The van der Waals surface area contributed by atoms with E-state index in [9.17, 15) is 53.3 Å². The number of fused-ring (bicyclic) bond motifs is 7. The number of carbonyl (C=O) groups excluding carboxylic acids is 5. The molecule has 3 saturated carbocycles. The maximum absolute atomic E-state index is 14.4. The average molecular weight is 957 g/mol. The molecule has 7 rings (SSSR count). The number of ether oxygens (including phenoxy) is 2. The third kappa shape index (κ3) is 9.41. The largest absolute Gasteiger partial charge is 0.481 e. The van der Waals surface area contributed by atoms with Crippen molar-refractivity contribution in [3.8, 4) is 0 Å². The van der Waals surface area contributed by atoms with Gasteiger partial charge in [-0.2, -0.15) is 0 Å². The summed E-state index contributed by atoms with van der Waals surface area (Å²) < 4.78 is 29.9. The average Bonchev–Trinajstić information content (AvgIpc) is 3.73. The van der Waals surface area contributed by atoms with Crippen LogP contribution in [0.1, 0.15) is 75.4 Å². The molecule has 0 spiro atoms. The molecule has 7 N–H and O–H groups in total. The van der Waals surface area contributed by atoms with Crippen LogP contribution in [0.5, 0.6) is 0 Å². The van der Waals surface area contributed by atoms with Crippen LogP contribution in [0.15, 0.2) is 72.3 Å². The molecule has 338 valence electrons. The Balaban J connectivity index is 1.06. The highest BCUT2D eigenvalue weighted by molar-refractivity contribution is 9.09. The number of phosphoric ester groups is 1. The Morgan fingerprint density at radius 2 is 1.79 bits per heavy atom. The molecule has 2 aromatic carbocycles. The lowest BCUT2D eigenvalue weighted by molar-refractivity contribution is -0.200. The van der Waals surface area contributed by atoms with Crippen LogP contribution in [0.25, 0.3) is 0 Å². The highest BCUT2D eigenvalue weighted by Crippen LogP contribution is 2.70. The molecular formula is C44H51BrN3O14P. The van der Waals surface area contributed by atoms with Gasteiger partial charge in [0, 0.05) is 34.4 Å². The first-order valence-electron chi connectivity index (χ1n) is 20.8. The third-order valence-electron chi connectivity index (χ3n) is 13.7. The molecule has 0 unspecified atom stereocenters. The number of Topliss-reactive ketones (excluding diaryl/α,β-unsaturated/α-hetero) is 1. The molecule has 1 aliphatic heterocycles. The molecule has 1 saturated heterocycles. The van der Waals surface area contributed by atoms with Crippen LogP contribution in [0.4, 0.5) is 5.69 Å². The third-order valence-corrected chi connectivity index (χ3v) is 14.7. The Labute approximate surface area is 371 Å². The molecule has 1 heterocycles. The summed E-state index contributed by atoms with van der Waals surface area (Å²) in [6, 6.07) is 13.1. The molecule has 0 radical (unpaired) electrons. The molecule has 2 aromatic rings. The van der Waals surface area contributed by atoms with Crippen LogP contribution >= 0.6 is 23.8 Å². The number of nitrogens with one attached hydrogen (secondary N) is 3. The number of aliphatic carboxylic acids is 1. The van der Waals surface area contributed by atoms with Crippen molar-refractivity contribution in [3.05, 3.63) is 89.0 Å². The number of alkyl halides is 1. The minimum atomic E-state index is -5.04. The second kappa shape index (κ2) is 18.2. The number of halogens is 1. The van der Waals surface area contributed by atoms with E-state index in [4.69, 9.17) is 14.0 Å². The molecular weight excluding hydrogens is 905 g/mol. The zero-order valence-electron chi connectivity index (χ0n) is 34.7. The van der Waals surface area contributed by atoms with Crippen molar-refractivity contribution in [1.82, 2.24) is 10.6 Å². The van der Waals surface area contributed by atoms with Crippen molar-refractivity contribution in [2.24, 2.45) is 28.6 Å². The van der Waals surface area contributed by atoms with Crippen LogP contribution < -0.4 is 16.0 Å². The Kier molecular flexibility index (Phi) is 13.5. The fourth-order valence-electron chi connectivity index (χ4n) is 11.0. The van der Waals surface area contributed by atoms with E-state index in [2.05, 4.69) is 31.9 Å². The summed E-state index contributed by atoms with van der Waals surface area (Å²) in [6.07, 6.45) is 4.07. The minimum Gasteiger partial charge on any atom is -0.481 e. The van der Waals surface area contributed by atoms with Gasteiger partial charge in [0.05, 0.1) is 24.1 Å². The van der Waals surface area contributed by atoms with Crippen molar-refractivity contribution >= 4 is 64.7 Å². The van der Waals surface area contributed by atoms with E-state index in [-0.39, 0.29) is 48.1 Å². The summed E-state index contributed by atoms with van der Waals surface area (Å²) in [4.78, 5) is 94.3. The van der Waals surface area contributed by atoms with Crippen LogP contribution in [0.2, 0.25) is 0 Å². The van der Waals surface area contributed by atoms with Crippen LogP contribution in [0, 0.1) is 28.6 Å². The number of hydrogen-bond donors (Lipinski definition) is 7. The normalized spacial score (nSPS) is 31.1. The second-order valence-electron chi connectivity index (χ2n) is 17.5. The van der Waals surface area contributed by atoms with Gasteiger partial charge in [-0.05, 0) is 85.8 Å². The van der Waals surface area contributed by atoms with Gasteiger partial charge >= 0.3 is 13.8 Å². The highest BCUT2D eigenvalue weighted by atomic mass is 79.9. The SMILES string of the molecule is C[C@]12C=CC(=O)C=C1CC[C@@H]1[C@@H]2[C@@H](O)C[C@@]2(C)[C@H]1C[C@H]1O[C@@H](c3ccc(Cc4cccc(NC(=O)[C@H](CCC(=O)O)NC(=O)CNC(=O)CBr)c4)cc3)O[C@]12C(=O)COP(=O)(O)O. The second-order valence-corrected chi connectivity index (χ2v) is 19.3. The molecule has 0 aromatic heterocycles. The lowest BCUT2D eigenvalue weighted by Gasteiger charge is -2.59. The first-order chi connectivity index (χ1) is 29.8. The van der Waals surface area contributed by atoms with E-state index < -0.39 is 91.4 Å². The smallest absolute Gasteiger partial charge is 0.470 e. The molecule has 4 aliphatic carbocycles. The Morgan fingerprint density at radius 3 is 2.49 bits per heavy atom. The van der Waals surface area contributed by atoms with Gasteiger partial charge in [0.25, 0.3) is 0 Å². The van der Waals surface area contributed by atoms with Crippen molar-refractivity contribution in [1.29, 1.82) is 0 Å². The lowest BCUT2D eigenvalue weighted by Crippen LogP contribution is -2.63. The number of carboxylic acids is 1. The van der Waals surface area contributed by atoms with E-state index in [0.717, 1.165) is 16.7 Å². The number of amides is 3. The maximum Gasteiger partial charge on any atom is 0.470 e. The van der Waals surface area contributed by atoms with Crippen LogP contribution in [-0.4, -0.2) is 97.6 Å². The molecule has 19 heteroatoms. The molecule has 0 bridgehead atoms. The summed E-state index contributed by atoms with van der Waals surface area (Å²) in [5, 5.41) is 28.8. The molecule has 17 nitrogen and oxygen atoms in total. The molecule has 63 heavy (non-hydrogen) atoms. The highest BCUT2D eigenvalue weighted by Gasteiger charge is 2.76. The van der Waals surface area contributed by atoms with Crippen molar-refractivity contribution < 1.29 is 67.3 Å². The van der Waals surface area contributed by atoms with Gasteiger partial charge in [0.15, 0.2) is 23.5 Å². The summed E-state index contributed by atoms with van der Waals surface area (Å²) in [5.41, 5.74) is 0.367. The Bertz CT molecular complexity index is 2280. The fourth-order valence-corrected chi connectivity index (χ4v) is 11.5. The number of ketones is 2. The molecule has 4 fully saturated rings. The number of anilines is 1. The first kappa shape index (κ1) is 46.6. The van der Waals surface area contributed by atoms with Gasteiger partial charge in [0.1, 0.15) is 12.6 Å². The molecule has 5 aliphatic rings. The van der Waals surface area contributed by atoms with E-state index in [1.54, 1.807) is 42.5 Å². The molecule has 10 atom stereocenters. The van der Waals surface area contributed by atoms with Crippen LogP contribution in [-0.2, 0) is 53.8 Å². The number of carboxylic acid groups (broad SMARTS) is 1. The number of allylic oxidation sites excluding steroid dienone is 4. The van der Waals surface area contributed by atoms with Crippen molar-refractivity contribution in [3.63, 3.8) is 0 Å². The Hall–Kier alpha value is -4.39. The summed E-state index contributed by atoms with van der Waals surface area (Å²) >= 11 is 2.98. The number of hydrogen-bond acceptors (Lipinski definition) is 11. The van der Waals surface area contributed by atoms with Gasteiger partial charge in [-0.25, -0.2) is 4.57 Å². The lowest BCUT2D eigenvalue weighted by atomic mass is 9.46.